The summed E-state index contributed by atoms with van der Waals surface area (Å²) in [7, 11) is 0. The van der Waals surface area contributed by atoms with Crippen LogP contribution in [0.2, 0.25) is 0 Å². The maximum atomic E-state index is 10.9. The molecule has 0 aromatic heterocycles. The molecule has 16 heavy (non-hydrogen) atoms. The van der Waals surface area contributed by atoms with Crippen LogP contribution in [0.25, 0.3) is 0 Å². The first-order chi connectivity index (χ1) is 7.72. The Labute approximate surface area is 97.8 Å². The Bertz CT molecular complexity index is 250. The van der Waals surface area contributed by atoms with Crippen molar-refractivity contribution in [1.29, 1.82) is 0 Å². The van der Waals surface area contributed by atoms with Crippen molar-refractivity contribution in [3.8, 4) is 0 Å². The first-order valence-electron chi connectivity index (χ1n) is 6.70. The largest absolute Gasteiger partial charge is 0.481 e. The number of likely N-dealkylation sites (tertiary alicyclic amines) is 1. The van der Waals surface area contributed by atoms with Gasteiger partial charge >= 0.3 is 5.97 Å². The SMILES string of the molecule is CCC(C1CC1)N1CCCCC1CC(=O)O. The minimum absolute atomic E-state index is 0.303. The van der Waals surface area contributed by atoms with E-state index in [2.05, 4.69) is 11.8 Å². The van der Waals surface area contributed by atoms with Gasteiger partial charge in [0.15, 0.2) is 0 Å². The van der Waals surface area contributed by atoms with Crippen LogP contribution in [0.1, 0.15) is 51.9 Å². The molecule has 2 fully saturated rings. The predicted octanol–water partition coefficient (Wildman–Crippen LogP) is 2.50. The number of nitrogens with zero attached hydrogens (tertiary/aromatic N) is 1. The van der Waals surface area contributed by atoms with Crippen molar-refractivity contribution in [2.24, 2.45) is 5.92 Å². The Balaban J connectivity index is 1.99. The number of piperidine rings is 1. The van der Waals surface area contributed by atoms with Gasteiger partial charge in [0.1, 0.15) is 0 Å². The maximum Gasteiger partial charge on any atom is 0.304 e. The molecule has 1 aliphatic carbocycles. The molecule has 0 radical (unpaired) electrons. The first kappa shape index (κ1) is 11.9. The van der Waals surface area contributed by atoms with E-state index >= 15 is 0 Å². The van der Waals surface area contributed by atoms with Crippen molar-refractivity contribution >= 4 is 5.97 Å². The molecule has 92 valence electrons. The lowest BCUT2D eigenvalue weighted by Crippen LogP contribution is -2.47. The van der Waals surface area contributed by atoms with Crippen molar-refractivity contribution in [3.63, 3.8) is 0 Å². The van der Waals surface area contributed by atoms with E-state index in [1.165, 1.54) is 32.1 Å². The minimum atomic E-state index is -0.637. The fourth-order valence-electron chi connectivity index (χ4n) is 3.20. The first-order valence-corrected chi connectivity index (χ1v) is 6.70. The van der Waals surface area contributed by atoms with Crippen LogP contribution in [0.3, 0.4) is 0 Å². The fourth-order valence-corrected chi connectivity index (χ4v) is 3.20. The van der Waals surface area contributed by atoms with Gasteiger partial charge in [0.25, 0.3) is 0 Å². The summed E-state index contributed by atoms with van der Waals surface area (Å²) in [5.41, 5.74) is 0. The third kappa shape index (κ3) is 2.76. The molecule has 0 bridgehead atoms. The monoisotopic (exact) mass is 225 g/mol. The summed E-state index contributed by atoms with van der Waals surface area (Å²) in [5.74, 6) is 0.224. The van der Waals surface area contributed by atoms with E-state index in [1.807, 2.05) is 0 Å². The lowest BCUT2D eigenvalue weighted by Gasteiger charge is -2.40. The molecule has 2 unspecified atom stereocenters. The van der Waals surface area contributed by atoms with E-state index in [0.29, 0.717) is 18.5 Å². The quantitative estimate of drug-likeness (QED) is 0.781. The normalized spacial score (nSPS) is 28.9. The van der Waals surface area contributed by atoms with Gasteiger partial charge in [-0.05, 0) is 44.6 Å². The molecule has 1 saturated heterocycles. The van der Waals surface area contributed by atoms with Crippen LogP contribution in [0, 0.1) is 5.92 Å². The highest BCUT2D eigenvalue weighted by Gasteiger charge is 2.38. The van der Waals surface area contributed by atoms with Crippen molar-refractivity contribution in [1.82, 2.24) is 4.90 Å². The van der Waals surface area contributed by atoms with Crippen LogP contribution in [-0.4, -0.2) is 34.6 Å². The molecule has 1 N–H and O–H groups in total. The van der Waals surface area contributed by atoms with Gasteiger partial charge in [-0.25, -0.2) is 0 Å². The molecule has 0 amide bonds. The molecule has 1 saturated carbocycles. The highest BCUT2D eigenvalue weighted by Crippen LogP contribution is 2.39. The number of carbonyl (C=O) groups is 1. The Morgan fingerprint density at radius 2 is 2.12 bits per heavy atom. The lowest BCUT2D eigenvalue weighted by molar-refractivity contribution is -0.139. The van der Waals surface area contributed by atoms with Gasteiger partial charge in [-0.1, -0.05) is 13.3 Å². The molecule has 3 heteroatoms. The average molecular weight is 225 g/mol. The van der Waals surface area contributed by atoms with E-state index < -0.39 is 5.97 Å². The van der Waals surface area contributed by atoms with Crippen LogP contribution < -0.4 is 0 Å². The topological polar surface area (TPSA) is 40.5 Å². The van der Waals surface area contributed by atoms with E-state index in [9.17, 15) is 4.79 Å². The molecule has 2 aliphatic rings. The Morgan fingerprint density at radius 1 is 1.38 bits per heavy atom. The van der Waals surface area contributed by atoms with Gasteiger partial charge in [-0.3, -0.25) is 9.69 Å². The third-order valence-electron chi connectivity index (χ3n) is 4.09. The maximum absolute atomic E-state index is 10.9. The average Bonchev–Trinajstić information content (AvgIpc) is 3.05. The summed E-state index contributed by atoms with van der Waals surface area (Å²) >= 11 is 0. The number of rotatable bonds is 5. The van der Waals surface area contributed by atoms with Crippen molar-refractivity contribution < 1.29 is 9.90 Å². The zero-order chi connectivity index (χ0) is 11.5. The predicted molar refractivity (Wildman–Crippen MR) is 63.4 cm³/mol. The molecule has 0 aromatic carbocycles. The number of carboxylic acid groups (broad SMARTS) is 1. The molecule has 0 aromatic rings. The minimum Gasteiger partial charge on any atom is -0.481 e. The third-order valence-corrected chi connectivity index (χ3v) is 4.09. The summed E-state index contributed by atoms with van der Waals surface area (Å²) < 4.78 is 0. The standard InChI is InChI=1S/C13H23NO2/c1-2-12(10-6-7-10)14-8-4-3-5-11(14)9-13(15)16/h10-12H,2-9H2,1H3,(H,15,16). The summed E-state index contributed by atoms with van der Waals surface area (Å²) in [4.78, 5) is 13.4. The molecule has 1 aliphatic heterocycles. The summed E-state index contributed by atoms with van der Waals surface area (Å²) in [5, 5.41) is 8.97. The summed E-state index contributed by atoms with van der Waals surface area (Å²) in [6.07, 6.45) is 7.76. The van der Waals surface area contributed by atoms with E-state index in [0.717, 1.165) is 18.9 Å². The second-order valence-corrected chi connectivity index (χ2v) is 5.30. The smallest absolute Gasteiger partial charge is 0.304 e. The Kier molecular flexibility index (Phi) is 3.85. The second kappa shape index (κ2) is 5.17. The molecule has 2 rings (SSSR count). The highest BCUT2D eigenvalue weighted by atomic mass is 16.4. The molecular formula is C13H23NO2. The number of hydrogen-bond donors (Lipinski definition) is 1. The van der Waals surface area contributed by atoms with E-state index in [4.69, 9.17) is 5.11 Å². The lowest BCUT2D eigenvalue weighted by atomic mass is 9.94. The van der Waals surface area contributed by atoms with E-state index in [1.54, 1.807) is 0 Å². The molecule has 0 spiro atoms. The molecule has 2 atom stereocenters. The van der Waals surface area contributed by atoms with Gasteiger partial charge in [0.2, 0.25) is 0 Å². The summed E-state index contributed by atoms with van der Waals surface area (Å²) in [6, 6.07) is 0.960. The fraction of sp³-hybridized carbons (Fsp3) is 0.923. The van der Waals surface area contributed by atoms with Crippen molar-refractivity contribution in [2.45, 2.75) is 64.0 Å². The van der Waals surface area contributed by atoms with Gasteiger partial charge in [-0.2, -0.15) is 0 Å². The summed E-state index contributed by atoms with van der Waals surface area (Å²) in [6.45, 7) is 3.36. The van der Waals surface area contributed by atoms with Gasteiger partial charge in [0.05, 0.1) is 6.42 Å². The van der Waals surface area contributed by atoms with Crippen LogP contribution in [0.4, 0.5) is 0 Å². The van der Waals surface area contributed by atoms with Gasteiger partial charge in [-0.15, -0.1) is 0 Å². The highest BCUT2D eigenvalue weighted by molar-refractivity contribution is 5.67. The zero-order valence-corrected chi connectivity index (χ0v) is 10.2. The molecular weight excluding hydrogens is 202 g/mol. The molecule has 3 nitrogen and oxygen atoms in total. The Morgan fingerprint density at radius 3 is 2.69 bits per heavy atom. The van der Waals surface area contributed by atoms with Crippen LogP contribution in [0.15, 0.2) is 0 Å². The van der Waals surface area contributed by atoms with Crippen LogP contribution in [0.5, 0.6) is 0 Å². The van der Waals surface area contributed by atoms with Crippen molar-refractivity contribution in [2.75, 3.05) is 6.54 Å². The number of aliphatic carboxylic acids is 1. The van der Waals surface area contributed by atoms with Crippen molar-refractivity contribution in [3.05, 3.63) is 0 Å². The van der Waals surface area contributed by atoms with Crippen LogP contribution >= 0.6 is 0 Å². The van der Waals surface area contributed by atoms with Gasteiger partial charge in [0, 0.05) is 12.1 Å². The zero-order valence-electron chi connectivity index (χ0n) is 10.2. The second-order valence-electron chi connectivity index (χ2n) is 5.30. The molecule has 1 heterocycles. The van der Waals surface area contributed by atoms with E-state index in [-0.39, 0.29) is 0 Å². The number of hydrogen-bond acceptors (Lipinski definition) is 2. The Hall–Kier alpha value is -0.570. The number of carboxylic acids is 1. The van der Waals surface area contributed by atoms with Crippen LogP contribution in [-0.2, 0) is 4.79 Å². The van der Waals surface area contributed by atoms with Gasteiger partial charge < -0.3 is 5.11 Å².